The minimum atomic E-state index is -3.29. The molecule has 0 fully saturated rings. The molecule has 0 unspecified atom stereocenters. The molecule has 1 heterocycles. The largest absolute Gasteiger partial charge is 0.481 e. The predicted molar refractivity (Wildman–Crippen MR) is 73.4 cm³/mol. The summed E-state index contributed by atoms with van der Waals surface area (Å²) in [5, 5.41) is 7.42. The van der Waals surface area contributed by atoms with Gasteiger partial charge in [0.2, 0.25) is 10.0 Å². The Labute approximate surface area is 113 Å². The van der Waals surface area contributed by atoms with Crippen molar-refractivity contribution in [3.63, 3.8) is 0 Å². The number of hydrogen-bond acceptors (Lipinski definition) is 5. The van der Waals surface area contributed by atoms with Gasteiger partial charge in [0.15, 0.2) is 0 Å². The van der Waals surface area contributed by atoms with Gasteiger partial charge in [-0.05, 0) is 18.6 Å². The molecule has 0 saturated carbocycles. The molecule has 0 radical (unpaired) electrons. The first-order valence-electron chi connectivity index (χ1n) is 5.39. The Balaban J connectivity index is 0.000000711. The number of aromatic nitrogens is 1. The van der Waals surface area contributed by atoms with Crippen molar-refractivity contribution in [2.24, 2.45) is 5.73 Å². The van der Waals surface area contributed by atoms with Crippen LogP contribution in [0.25, 0.3) is 0 Å². The fourth-order valence-electron chi connectivity index (χ4n) is 1.26. The number of pyridine rings is 1. The first kappa shape index (κ1) is 17.3. The highest BCUT2D eigenvalue weighted by molar-refractivity contribution is 7.92. The zero-order valence-electron chi connectivity index (χ0n) is 11.4. The Hall–Kier alpha value is -1.67. The highest BCUT2D eigenvalue weighted by Gasteiger charge is 2.17. The van der Waals surface area contributed by atoms with Crippen LogP contribution in [-0.4, -0.2) is 37.8 Å². The van der Waals surface area contributed by atoms with E-state index in [2.05, 4.69) is 4.98 Å². The van der Waals surface area contributed by atoms with Crippen LogP contribution in [0.15, 0.2) is 12.3 Å². The Kier molecular flexibility index (Phi) is 6.43. The maximum absolute atomic E-state index is 11.4. The normalized spacial score (nSPS) is 10.4. The van der Waals surface area contributed by atoms with Gasteiger partial charge in [0.25, 0.3) is 5.97 Å². The number of rotatable bonds is 3. The fourth-order valence-corrected chi connectivity index (χ4v) is 1.73. The number of carbonyl (C=O) groups is 1. The molecule has 0 atom stereocenters. The molecule has 7 nitrogen and oxygen atoms in total. The van der Waals surface area contributed by atoms with Crippen LogP contribution < -0.4 is 10.0 Å². The summed E-state index contributed by atoms with van der Waals surface area (Å²) in [6.45, 7) is 3.23. The van der Waals surface area contributed by atoms with Gasteiger partial charge in [-0.15, -0.1) is 0 Å². The molecular formula is C11H19N3O4S. The van der Waals surface area contributed by atoms with Crippen LogP contribution in [0.2, 0.25) is 0 Å². The van der Waals surface area contributed by atoms with Crippen LogP contribution in [0, 0.1) is 6.92 Å². The van der Waals surface area contributed by atoms with Crippen molar-refractivity contribution in [3.8, 4) is 0 Å². The summed E-state index contributed by atoms with van der Waals surface area (Å²) < 4.78 is 23.9. The fraction of sp³-hybridized carbons (Fsp3) is 0.455. The number of aryl methyl sites for hydroxylation is 1. The Morgan fingerprint density at radius 3 is 2.37 bits per heavy atom. The predicted octanol–water partition coefficient (Wildman–Crippen LogP) is 0.335. The van der Waals surface area contributed by atoms with E-state index in [1.165, 1.54) is 7.05 Å². The smallest absolute Gasteiger partial charge is 0.300 e. The molecule has 0 amide bonds. The summed E-state index contributed by atoms with van der Waals surface area (Å²) >= 11 is 0. The zero-order chi connectivity index (χ0) is 15.2. The SMILES string of the molecule is CC(=O)O.Cc1ccnc(N(C)S(C)(=O)=O)c1CN. The van der Waals surface area contributed by atoms with Gasteiger partial charge in [0.05, 0.1) is 6.26 Å². The van der Waals surface area contributed by atoms with Crippen molar-refractivity contribution in [1.29, 1.82) is 0 Å². The third-order valence-corrected chi connectivity index (χ3v) is 3.44. The highest BCUT2D eigenvalue weighted by atomic mass is 32.2. The van der Waals surface area contributed by atoms with Crippen LogP contribution in [0.1, 0.15) is 18.1 Å². The molecule has 8 heteroatoms. The zero-order valence-corrected chi connectivity index (χ0v) is 12.2. The third-order valence-electron chi connectivity index (χ3n) is 2.27. The van der Waals surface area contributed by atoms with E-state index in [-0.39, 0.29) is 6.54 Å². The molecule has 0 bridgehead atoms. The van der Waals surface area contributed by atoms with Gasteiger partial charge < -0.3 is 10.8 Å². The Morgan fingerprint density at radius 1 is 1.53 bits per heavy atom. The van der Waals surface area contributed by atoms with Gasteiger partial charge in [-0.1, -0.05) is 0 Å². The van der Waals surface area contributed by atoms with Crippen molar-refractivity contribution >= 4 is 21.8 Å². The second kappa shape index (κ2) is 7.05. The molecule has 1 rings (SSSR count). The molecule has 0 aromatic carbocycles. The maximum Gasteiger partial charge on any atom is 0.300 e. The Bertz CT molecular complexity index is 539. The van der Waals surface area contributed by atoms with E-state index >= 15 is 0 Å². The average Bonchev–Trinajstić information content (AvgIpc) is 2.25. The number of carboxylic acids is 1. The lowest BCUT2D eigenvalue weighted by Gasteiger charge is -2.19. The van der Waals surface area contributed by atoms with Crippen molar-refractivity contribution in [3.05, 3.63) is 23.4 Å². The molecular weight excluding hydrogens is 270 g/mol. The van der Waals surface area contributed by atoms with Crippen LogP contribution in [0.3, 0.4) is 0 Å². The molecule has 0 aliphatic carbocycles. The number of hydrogen-bond donors (Lipinski definition) is 2. The van der Waals surface area contributed by atoms with E-state index in [4.69, 9.17) is 15.6 Å². The lowest BCUT2D eigenvalue weighted by atomic mass is 10.1. The number of carboxylic acid groups (broad SMARTS) is 1. The van der Waals surface area contributed by atoms with Gasteiger partial charge in [-0.25, -0.2) is 13.4 Å². The van der Waals surface area contributed by atoms with E-state index in [9.17, 15) is 8.42 Å². The van der Waals surface area contributed by atoms with Crippen LogP contribution in [0.4, 0.5) is 5.82 Å². The second-order valence-corrected chi connectivity index (χ2v) is 5.90. The summed E-state index contributed by atoms with van der Waals surface area (Å²) in [7, 11) is -1.82. The monoisotopic (exact) mass is 289 g/mol. The van der Waals surface area contributed by atoms with Crippen molar-refractivity contribution in [2.75, 3.05) is 17.6 Å². The quantitative estimate of drug-likeness (QED) is 0.829. The lowest BCUT2D eigenvalue weighted by molar-refractivity contribution is -0.134. The van der Waals surface area contributed by atoms with Crippen molar-refractivity contribution in [1.82, 2.24) is 4.98 Å². The summed E-state index contributed by atoms with van der Waals surface area (Å²) in [5.74, 6) is -0.431. The molecule has 108 valence electrons. The first-order chi connectivity index (χ1) is 8.61. The number of sulfonamides is 1. The maximum atomic E-state index is 11.4. The van der Waals surface area contributed by atoms with E-state index in [0.717, 1.165) is 28.6 Å². The van der Waals surface area contributed by atoms with Gasteiger partial charge >= 0.3 is 0 Å². The van der Waals surface area contributed by atoms with Crippen LogP contribution in [0.5, 0.6) is 0 Å². The third kappa shape index (κ3) is 5.66. The van der Waals surface area contributed by atoms with Crippen LogP contribution >= 0.6 is 0 Å². The van der Waals surface area contributed by atoms with E-state index in [1.807, 2.05) is 13.0 Å². The summed E-state index contributed by atoms with van der Waals surface area (Å²) in [5.41, 5.74) is 7.27. The Morgan fingerprint density at radius 2 is 2.00 bits per heavy atom. The van der Waals surface area contributed by atoms with E-state index in [1.54, 1.807) is 6.20 Å². The van der Waals surface area contributed by atoms with Gasteiger partial charge in [0.1, 0.15) is 5.82 Å². The molecule has 0 saturated heterocycles. The summed E-state index contributed by atoms with van der Waals surface area (Å²) in [4.78, 5) is 13.0. The van der Waals surface area contributed by atoms with Crippen molar-refractivity contribution < 1.29 is 18.3 Å². The molecule has 0 aliphatic heterocycles. The van der Waals surface area contributed by atoms with E-state index < -0.39 is 16.0 Å². The first-order valence-corrected chi connectivity index (χ1v) is 7.24. The standard InChI is InChI=1S/C9H15N3O2S.C2H4O2/c1-7-4-5-11-9(8(7)6-10)12(2)15(3,13)14;1-2(3)4/h4-5H,6,10H2,1-3H3;1H3,(H,3,4). The lowest BCUT2D eigenvalue weighted by Crippen LogP contribution is -2.27. The number of nitrogens with zero attached hydrogens (tertiary/aromatic N) is 2. The highest BCUT2D eigenvalue weighted by Crippen LogP contribution is 2.20. The minimum absolute atomic E-state index is 0.273. The molecule has 1 aromatic heterocycles. The molecule has 0 aliphatic rings. The molecule has 19 heavy (non-hydrogen) atoms. The molecule has 3 N–H and O–H groups in total. The minimum Gasteiger partial charge on any atom is -0.481 e. The molecule has 0 spiro atoms. The van der Waals surface area contributed by atoms with Gasteiger partial charge in [-0.2, -0.15) is 0 Å². The van der Waals surface area contributed by atoms with E-state index in [0.29, 0.717) is 5.82 Å². The molecule has 1 aromatic rings. The summed E-state index contributed by atoms with van der Waals surface area (Å²) in [6.07, 6.45) is 2.71. The summed E-state index contributed by atoms with van der Waals surface area (Å²) in [6, 6.07) is 1.81. The topological polar surface area (TPSA) is 114 Å². The second-order valence-electron chi connectivity index (χ2n) is 3.88. The van der Waals surface area contributed by atoms with Gasteiger partial charge in [0, 0.05) is 32.3 Å². The van der Waals surface area contributed by atoms with Crippen LogP contribution in [-0.2, 0) is 21.4 Å². The van der Waals surface area contributed by atoms with Crippen molar-refractivity contribution in [2.45, 2.75) is 20.4 Å². The number of aliphatic carboxylic acids is 1. The number of anilines is 1. The average molecular weight is 289 g/mol. The number of nitrogens with two attached hydrogens (primary N) is 1. The van der Waals surface area contributed by atoms with Gasteiger partial charge in [-0.3, -0.25) is 9.10 Å².